The van der Waals surface area contributed by atoms with E-state index >= 15 is 0 Å². The third kappa shape index (κ3) is 4.31. The van der Waals surface area contributed by atoms with E-state index in [0.717, 1.165) is 0 Å². The number of hydrogen-bond donors (Lipinski definition) is 2. The fourth-order valence-corrected chi connectivity index (χ4v) is 1.92. The first-order valence-electron chi connectivity index (χ1n) is 7.12. The predicted molar refractivity (Wildman–Crippen MR) is 86.5 cm³/mol. The van der Waals surface area contributed by atoms with Gasteiger partial charge < -0.3 is 10.1 Å². The van der Waals surface area contributed by atoms with Crippen LogP contribution in [0.4, 0.5) is 5.69 Å². The molecule has 120 valence electrons. The summed E-state index contributed by atoms with van der Waals surface area (Å²) >= 11 is 0. The van der Waals surface area contributed by atoms with Gasteiger partial charge in [-0.1, -0.05) is 12.1 Å². The third-order valence-corrected chi connectivity index (χ3v) is 3.08. The van der Waals surface area contributed by atoms with Crippen LogP contribution in [0.1, 0.15) is 27.6 Å². The number of anilines is 1. The van der Waals surface area contributed by atoms with Crippen molar-refractivity contribution in [1.29, 1.82) is 0 Å². The maximum atomic E-state index is 12.3. The Morgan fingerprint density at radius 1 is 1.00 bits per heavy atom. The molecule has 23 heavy (non-hydrogen) atoms. The molecule has 2 amide bonds. The van der Waals surface area contributed by atoms with E-state index in [9.17, 15) is 9.59 Å². The number of hydrogen-bond acceptors (Lipinski definition) is 4. The van der Waals surface area contributed by atoms with Crippen LogP contribution in [0.15, 0.2) is 48.5 Å². The van der Waals surface area contributed by atoms with Crippen molar-refractivity contribution in [3.8, 4) is 5.75 Å². The molecule has 0 spiro atoms. The Kier molecular flexibility index (Phi) is 5.71. The first-order chi connectivity index (χ1) is 11.2. The molecule has 0 radical (unpaired) electrons. The van der Waals surface area contributed by atoms with Crippen LogP contribution < -0.4 is 15.5 Å². The van der Waals surface area contributed by atoms with E-state index in [1.807, 2.05) is 0 Å². The number of hydroxylamine groups is 1. The highest BCUT2D eigenvalue weighted by molar-refractivity contribution is 6.08. The van der Waals surface area contributed by atoms with E-state index in [4.69, 9.17) is 9.57 Å². The Bertz CT molecular complexity index is 683. The Morgan fingerprint density at radius 3 is 2.35 bits per heavy atom. The van der Waals surface area contributed by atoms with Gasteiger partial charge in [-0.25, -0.2) is 5.48 Å². The SMILES string of the molecule is CCONC(=O)c1ccccc1NC(=O)c1ccc(OC)cc1. The second-order valence-corrected chi connectivity index (χ2v) is 4.59. The summed E-state index contributed by atoms with van der Waals surface area (Å²) in [5.41, 5.74) is 3.50. The number of benzene rings is 2. The number of methoxy groups -OCH3 is 1. The zero-order valence-electron chi connectivity index (χ0n) is 13.0. The number of carbonyl (C=O) groups excluding carboxylic acids is 2. The van der Waals surface area contributed by atoms with Gasteiger partial charge >= 0.3 is 0 Å². The lowest BCUT2D eigenvalue weighted by atomic mass is 10.1. The van der Waals surface area contributed by atoms with Crippen LogP contribution >= 0.6 is 0 Å². The molecule has 2 aromatic carbocycles. The number of ether oxygens (including phenoxy) is 1. The van der Waals surface area contributed by atoms with Crippen LogP contribution in [-0.2, 0) is 4.84 Å². The third-order valence-electron chi connectivity index (χ3n) is 3.08. The van der Waals surface area contributed by atoms with E-state index in [1.165, 1.54) is 0 Å². The lowest BCUT2D eigenvalue weighted by molar-refractivity contribution is 0.0365. The number of para-hydroxylation sites is 1. The highest BCUT2D eigenvalue weighted by Crippen LogP contribution is 2.17. The molecule has 2 rings (SSSR count). The second kappa shape index (κ2) is 7.95. The van der Waals surface area contributed by atoms with Gasteiger partial charge in [0.15, 0.2) is 0 Å². The van der Waals surface area contributed by atoms with Gasteiger partial charge in [-0.15, -0.1) is 0 Å². The van der Waals surface area contributed by atoms with E-state index < -0.39 is 5.91 Å². The van der Waals surface area contributed by atoms with Crippen LogP contribution in [0.3, 0.4) is 0 Å². The molecule has 6 heteroatoms. The minimum Gasteiger partial charge on any atom is -0.497 e. The maximum absolute atomic E-state index is 12.3. The fraction of sp³-hybridized carbons (Fsp3) is 0.176. The quantitative estimate of drug-likeness (QED) is 0.804. The minimum atomic E-state index is -0.419. The molecule has 0 aromatic heterocycles. The van der Waals surface area contributed by atoms with Gasteiger partial charge in [0.2, 0.25) is 0 Å². The summed E-state index contributed by atoms with van der Waals surface area (Å²) in [6, 6.07) is 13.4. The van der Waals surface area contributed by atoms with Crippen molar-refractivity contribution in [2.75, 3.05) is 19.0 Å². The first-order valence-corrected chi connectivity index (χ1v) is 7.12. The van der Waals surface area contributed by atoms with E-state index in [2.05, 4.69) is 10.8 Å². The van der Waals surface area contributed by atoms with Crippen molar-refractivity contribution in [3.63, 3.8) is 0 Å². The van der Waals surface area contributed by atoms with Gasteiger partial charge in [0.1, 0.15) is 5.75 Å². The number of carbonyl (C=O) groups is 2. The summed E-state index contributed by atoms with van der Waals surface area (Å²) in [6.07, 6.45) is 0. The molecule has 0 atom stereocenters. The molecule has 6 nitrogen and oxygen atoms in total. The number of nitrogens with one attached hydrogen (secondary N) is 2. The molecule has 0 aliphatic rings. The van der Waals surface area contributed by atoms with Crippen molar-refractivity contribution in [2.45, 2.75) is 6.92 Å². The van der Waals surface area contributed by atoms with Crippen LogP contribution in [0.2, 0.25) is 0 Å². The average molecular weight is 314 g/mol. The Morgan fingerprint density at radius 2 is 1.70 bits per heavy atom. The summed E-state index contributed by atoms with van der Waals surface area (Å²) in [4.78, 5) is 29.2. The van der Waals surface area contributed by atoms with Crippen molar-refractivity contribution in [1.82, 2.24) is 5.48 Å². The fourth-order valence-electron chi connectivity index (χ4n) is 1.92. The zero-order valence-corrected chi connectivity index (χ0v) is 13.0. The molecule has 0 bridgehead atoms. The summed E-state index contributed by atoms with van der Waals surface area (Å²) in [6.45, 7) is 2.11. The van der Waals surface area contributed by atoms with E-state index in [0.29, 0.717) is 29.2 Å². The predicted octanol–water partition coefficient (Wildman–Crippen LogP) is 2.63. The molecular weight excluding hydrogens is 296 g/mol. The van der Waals surface area contributed by atoms with Crippen molar-refractivity contribution in [3.05, 3.63) is 59.7 Å². The number of rotatable bonds is 6. The largest absolute Gasteiger partial charge is 0.497 e. The lowest BCUT2D eigenvalue weighted by Gasteiger charge is -2.11. The van der Waals surface area contributed by atoms with Crippen LogP contribution in [0.25, 0.3) is 0 Å². The lowest BCUT2D eigenvalue weighted by Crippen LogP contribution is -2.25. The summed E-state index contributed by atoms with van der Waals surface area (Å²) in [7, 11) is 1.56. The zero-order chi connectivity index (χ0) is 16.7. The molecule has 0 saturated heterocycles. The van der Waals surface area contributed by atoms with Crippen molar-refractivity contribution >= 4 is 17.5 Å². The molecular formula is C17H18N2O4. The monoisotopic (exact) mass is 314 g/mol. The maximum Gasteiger partial charge on any atom is 0.276 e. The van der Waals surface area contributed by atoms with Gasteiger partial charge in [0.05, 0.1) is 25.0 Å². The van der Waals surface area contributed by atoms with Crippen molar-refractivity contribution in [2.24, 2.45) is 0 Å². The molecule has 2 aromatic rings. The van der Waals surface area contributed by atoms with Gasteiger partial charge in [-0.05, 0) is 43.3 Å². The van der Waals surface area contributed by atoms with Gasteiger partial charge in [0, 0.05) is 5.56 Å². The summed E-state index contributed by atoms with van der Waals surface area (Å²) < 4.78 is 5.06. The molecule has 0 saturated carbocycles. The molecule has 2 N–H and O–H groups in total. The van der Waals surface area contributed by atoms with E-state index in [1.54, 1.807) is 62.6 Å². The molecule has 0 unspecified atom stereocenters. The van der Waals surface area contributed by atoms with Crippen LogP contribution in [0.5, 0.6) is 5.75 Å². The molecule has 0 aliphatic heterocycles. The van der Waals surface area contributed by atoms with Gasteiger partial charge in [0.25, 0.3) is 11.8 Å². The molecule has 0 aliphatic carbocycles. The highest BCUT2D eigenvalue weighted by atomic mass is 16.6. The highest BCUT2D eigenvalue weighted by Gasteiger charge is 2.14. The topological polar surface area (TPSA) is 76.7 Å². The number of amides is 2. The van der Waals surface area contributed by atoms with Gasteiger partial charge in [-0.2, -0.15) is 0 Å². The Hall–Kier alpha value is -2.86. The summed E-state index contributed by atoms with van der Waals surface area (Å²) in [5, 5.41) is 2.73. The second-order valence-electron chi connectivity index (χ2n) is 4.59. The summed E-state index contributed by atoms with van der Waals surface area (Å²) in [5.74, 6) is -0.0696. The van der Waals surface area contributed by atoms with Crippen LogP contribution in [0, 0.1) is 0 Å². The average Bonchev–Trinajstić information content (AvgIpc) is 2.60. The Labute approximate surface area is 134 Å². The molecule has 0 fully saturated rings. The molecule has 0 heterocycles. The smallest absolute Gasteiger partial charge is 0.276 e. The van der Waals surface area contributed by atoms with E-state index in [-0.39, 0.29) is 5.91 Å². The van der Waals surface area contributed by atoms with Crippen molar-refractivity contribution < 1.29 is 19.2 Å². The minimum absolute atomic E-state index is 0.315. The van der Waals surface area contributed by atoms with Gasteiger partial charge in [-0.3, -0.25) is 14.4 Å². The first kappa shape index (κ1) is 16.5. The van der Waals surface area contributed by atoms with Crippen LogP contribution in [-0.4, -0.2) is 25.5 Å². The Balaban J connectivity index is 2.15. The normalized spacial score (nSPS) is 10.0. The standard InChI is InChI=1S/C17H18N2O4/c1-3-23-19-17(21)14-6-4-5-7-15(14)18-16(20)12-8-10-13(22-2)11-9-12/h4-11H,3H2,1-2H3,(H,18,20)(H,19,21).